The highest BCUT2D eigenvalue weighted by Crippen LogP contribution is 2.40. The molecule has 42 valence electrons. The number of hydrogen-bond donors (Lipinski definition) is 1. The molecule has 8 heavy (non-hydrogen) atoms. The molecule has 1 aliphatic heterocycles. The lowest BCUT2D eigenvalue weighted by molar-refractivity contribution is -0.140. The van der Waals surface area contributed by atoms with Crippen molar-refractivity contribution in [2.45, 2.75) is 13.0 Å². The molecular formula is C6H7NO. The Morgan fingerprint density at radius 2 is 2.62 bits per heavy atom. The first kappa shape index (κ1) is 4.13. The van der Waals surface area contributed by atoms with E-state index < -0.39 is 0 Å². The average molecular weight is 109 g/mol. The van der Waals surface area contributed by atoms with Gasteiger partial charge >= 0.3 is 0 Å². The number of fused-ring (bicyclic) bond motifs is 1. The van der Waals surface area contributed by atoms with Gasteiger partial charge in [0.1, 0.15) is 0 Å². The molecule has 0 bridgehead atoms. The highest BCUT2D eigenvalue weighted by atomic mass is 16.2. The first-order valence-electron chi connectivity index (χ1n) is 2.74. The molecule has 2 nitrogen and oxygen atoms in total. The molecule has 1 saturated heterocycles. The Balaban J connectivity index is 2.38. The molecule has 1 amide bonds. The topological polar surface area (TPSA) is 29.1 Å². The van der Waals surface area contributed by atoms with Crippen LogP contribution in [0, 0.1) is 5.41 Å². The smallest absolute Gasteiger partial charge is 0.232 e. The van der Waals surface area contributed by atoms with Crippen molar-refractivity contribution in [3.8, 4) is 0 Å². The van der Waals surface area contributed by atoms with E-state index >= 15 is 0 Å². The van der Waals surface area contributed by atoms with E-state index in [2.05, 4.69) is 5.32 Å². The molecule has 2 aliphatic rings. The van der Waals surface area contributed by atoms with Gasteiger partial charge in [0.2, 0.25) is 5.91 Å². The molecule has 0 saturated carbocycles. The van der Waals surface area contributed by atoms with Crippen LogP contribution in [0.3, 0.4) is 0 Å². The van der Waals surface area contributed by atoms with Crippen molar-refractivity contribution in [3.05, 3.63) is 12.2 Å². The fourth-order valence-corrected chi connectivity index (χ4v) is 1.12. The summed E-state index contributed by atoms with van der Waals surface area (Å²) < 4.78 is 0. The highest BCUT2D eigenvalue weighted by molar-refractivity contribution is 5.94. The highest BCUT2D eigenvalue weighted by Gasteiger charge is 2.53. The van der Waals surface area contributed by atoms with E-state index in [1.807, 2.05) is 19.1 Å². The summed E-state index contributed by atoms with van der Waals surface area (Å²) in [5.41, 5.74) is -0.111. The quantitative estimate of drug-likeness (QED) is 0.346. The molecule has 2 heteroatoms. The van der Waals surface area contributed by atoms with Crippen LogP contribution in [-0.4, -0.2) is 11.9 Å². The molecule has 0 spiro atoms. The van der Waals surface area contributed by atoms with Gasteiger partial charge in [-0.25, -0.2) is 0 Å². The van der Waals surface area contributed by atoms with Crippen molar-refractivity contribution in [2.75, 3.05) is 0 Å². The third-order valence-electron chi connectivity index (χ3n) is 2.06. The SMILES string of the molecule is CC12C=CC1NC2=O. The summed E-state index contributed by atoms with van der Waals surface area (Å²) >= 11 is 0. The van der Waals surface area contributed by atoms with Crippen molar-refractivity contribution < 1.29 is 4.79 Å². The maximum Gasteiger partial charge on any atom is 0.232 e. The summed E-state index contributed by atoms with van der Waals surface area (Å²) in [5.74, 6) is 0.171. The number of amides is 1. The molecule has 2 rings (SSSR count). The summed E-state index contributed by atoms with van der Waals surface area (Å²) in [6, 6.07) is 0.356. The Hall–Kier alpha value is -0.790. The minimum absolute atomic E-state index is 0.111. The van der Waals surface area contributed by atoms with Crippen molar-refractivity contribution >= 4 is 5.91 Å². The molecule has 2 atom stereocenters. The van der Waals surface area contributed by atoms with E-state index in [1.165, 1.54) is 0 Å². The lowest BCUT2D eigenvalue weighted by Gasteiger charge is -2.48. The molecule has 1 aliphatic carbocycles. The van der Waals surface area contributed by atoms with Crippen molar-refractivity contribution in [1.82, 2.24) is 5.32 Å². The molecule has 0 radical (unpaired) electrons. The van der Waals surface area contributed by atoms with Crippen LogP contribution in [0.5, 0.6) is 0 Å². The van der Waals surface area contributed by atoms with Gasteiger partial charge in [-0.15, -0.1) is 0 Å². The number of nitrogens with one attached hydrogen (secondary N) is 1. The monoisotopic (exact) mass is 109 g/mol. The Morgan fingerprint density at radius 1 is 1.88 bits per heavy atom. The maximum absolute atomic E-state index is 10.7. The standard InChI is InChI=1S/C6H7NO/c1-6-3-2-4(6)7-5(6)8/h2-4H,1H3,(H,7,8). The van der Waals surface area contributed by atoms with E-state index in [0.717, 1.165) is 0 Å². The van der Waals surface area contributed by atoms with Gasteiger partial charge in [-0.05, 0) is 6.92 Å². The fourth-order valence-electron chi connectivity index (χ4n) is 1.12. The second-order valence-electron chi connectivity index (χ2n) is 2.59. The Kier molecular flexibility index (Phi) is 0.430. The van der Waals surface area contributed by atoms with Crippen LogP contribution >= 0.6 is 0 Å². The molecule has 0 aromatic carbocycles. The second kappa shape index (κ2) is 0.835. The minimum atomic E-state index is -0.111. The molecule has 1 heterocycles. The van der Waals surface area contributed by atoms with Crippen molar-refractivity contribution in [2.24, 2.45) is 5.41 Å². The van der Waals surface area contributed by atoms with Gasteiger partial charge in [-0.1, -0.05) is 12.2 Å². The van der Waals surface area contributed by atoms with E-state index in [-0.39, 0.29) is 11.3 Å². The summed E-state index contributed by atoms with van der Waals surface area (Å²) in [5, 5.41) is 2.76. The van der Waals surface area contributed by atoms with E-state index in [9.17, 15) is 4.79 Å². The normalized spacial score (nSPS) is 48.6. The van der Waals surface area contributed by atoms with Crippen molar-refractivity contribution in [1.29, 1.82) is 0 Å². The van der Waals surface area contributed by atoms with Gasteiger partial charge in [0.25, 0.3) is 0 Å². The molecule has 1 N–H and O–H groups in total. The average Bonchev–Trinajstić information content (AvgIpc) is 1.79. The summed E-state index contributed by atoms with van der Waals surface area (Å²) in [7, 11) is 0. The first-order valence-corrected chi connectivity index (χ1v) is 2.74. The van der Waals surface area contributed by atoms with Crippen LogP contribution in [0.4, 0.5) is 0 Å². The summed E-state index contributed by atoms with van der Waals surface area (Å²) in [4.78, 5) is 10.7. The van der Waals surface area contributed by atoms with Crippen LogP contribution in [0.15, 0.2) is 12.2 Å². The molecular weight excluding hydrogens is 102 g/mol. The molecule has 1 fully saturated rings. The van der Waals surface area contributed by atoms with E-state index in [4.69, 9.17) is 0 Å². The zero-order chi connectivity index (χ0) is 5.78. The van der Waals surface area contributed by atoms with Crippen LogP contribution in [-0.2, 0) is 4.79 Å². The van der Waals surface area contributed by atoms with Crippen LogP contribution in [0.1, 0.15) is 6.92 Å². The Bertz CT molecular complexity index is 185. The Morgan fingerprint density at radius 3 is 2.62 bits per heavy atom. The number of rotatable bonds is 0. The summed E-state index contributed by atoms with van der Waals surface area (Å²) in [6.07, 6.45) is 3.97. The minimum Gasteiger partial charge on any atom is -0.348 e. The lowest BCUT2D eigenvalue weighted by atomic mass is 9.66. The summed E-state index contributed by atoms with van der Waals surface area (Å²) in [6.45, 7) is 1.95. The van der Waals surface area contributed by atoms with Crippen LogP contribution in [0.2, 0.25) is 0 Å². The maximum atomic E-state index is 10.7. The predicted octanol–water partition coefficient (Wildman–Crippen LogP) is 0.0609. The third-order valence-corrected chi connectivity index (χ3v) is 2.06. The number of carbonyl (C=O) groups is 1. The van der Waals surface area contributed by atoms with Gasteiger partial charge in [-0.2, -0.15) is 0 Å². The zero-order valence-corrected chi connectivity index (χ0v) is 4.64. The first-order chi connectivity index (χ1) is 3.73. The van der Waals surface area contributed by atoms with E-state index in [0.29, 0.717) is 6.04 Å². The largest absolute Gasteiger partial charge is 0.348 e. The van der Waals surface area contributed by atoms with Gasteiger partial charge in [0, 0.05) is 0 Å². The second-order valence-corrected chi connectivity index (χ2v) is 2.59. The van der Waals surface area contributed by atoms with Gasteiger partial charge < -0.3 is 5.32 Å². The molecule has 0 aromatic rings. The predicted molar refractivity (Wildman–Crippen MR) is 29.2 cm³/mol. The molecule has 2 unspecified atom stereocenters. The van der Waals surface area contributed by atoms with Crippen molar-refractivity contribution in [3.63, 3.8) is 0 Å². The van der Waals surface area contributed by atoms with E-state index in [1.54, 1.807) is 0 Å². The zero-order valence-electron chi connectivity index (χ0n) is 4.64. The van der Waals surface area contributed by atoms with Gasteiger partial charge in [0.05, 0.1) is 11.5 Å². The van der Waals surface area contributed by atoms with Gasteiger partial charge in [0.15, 0.2) is 0 Å². The number of hydrogen-bond acceptors (Lipinski definition) is 1. The fraction of sp³-hybridized carbons (Fsp3) is 0.500. The number of β-lactam (4-membered cyclic amide) rings is 1. The van der Waals surface area contributed by atoms with Crippen LogP contribution in [0.25, 0.3) is 0 Å². The van der Waals surface area contributed by atoms with Crippen LogP contribution < -0.4 is 5.32 Å². The lowest BCUT2D eigenvalue weighted by Crippen LogP contribution is -2.68. The molecule has 0 aromatic heterocycles. The third kappa shape index (κ3) is 0.205. The Labute approximate surface area is 47.6 Å². The van der Waals surface area contributed by atoms with Gasteiger partial charge in [-0.3, -0.25) is 4.79 Å². The number of carbonyl (C=O) groups excluding carboxylic acids is 1.